The number of alkyl halides is 2. The number of aliphatic hydroxyl groups is 1. The fourth-order valence-corrected chi connectivity index (χ4v) is 2.25. The summed E-state index contributed by atoms with van der Waals surface area (Å²) in [5.74, 6) is -0.0317. The van der Waals surface area contributed by atoms with E-state index in [1.807, 2.05) is 0 Å². The highest BCUT2D eigenvalue weighted by molar-refractivity contribution is 5.78. The minimum absolute atomic E-state index is 0.0778. The van der Waals surface area contributed by atoms with E-state index in [9.17, 15) is 13.6 Å². The molecule has 0 saturated heterocycles. The maximum absolute atomic E-state index is 12.0. The predicted octanol–water partition coefficient (Wildman–Crippen LogP) is 2.11. The third-order valence-electron chi connectivity index (χ3n) is 3.77. The maximum Gasteiger partial charge on any atom is 0.387 e. The molecule has 0 unspecified atom stereocenters. The van der Waals surface area contributed by atoms with Gasteiger partial charge in [-0.25, -0.2) is 0 Å². The van der Waals surface area contributed by atoms with E-state index >= 15 is 0 Å². The Labute approximate surface area is 122 Å². The zero-order chi connectivity index (χ0) is 15.3. The van der Waals surface area contributed by atoms with Crippen LogP contribution >= 0.6 is 0 Å². The van der Waals surface area contributed by atoms with Gasteiger partial charge >= 0.3 is 6.61 Å². The van der Waals surface area contributed by atoms with Gasteiger partial charge in [0.05, 0.1) is 6.42 Å². The Bertz CT molecular complexity index is 472. The molecule has 1 fully saturated rings. The molecule has 0 radical (unpaired) electrons. The maximum atomic E-state index is 12.0. The highest BCUT2D eigenvalue weighted by Crippen LogP contribution is 2.47. The number of benzene rings is 1. The van der Waals surface area contributed by atoms with E-state index in [2.05, 4.69) is 10.1 Å². The fraction of sp³-hybridized carbons (Fsp3) is 0.533. The quantitative estimate of drug-likeness (QED) is 0.773. The van der Waals surface area contributed by atoms with E-state index in [1.165, 1.54) is 12.1 Å². The monoisotopic (exact) mass is 299 g/mol. The molecule has 1 amide bonds. The highest BCUT2D eigenvalue weighted by atomic mass is 19.3. The Kier molecular flexibility index (Phi) is 5.12. The van der Waals surface area contributed by atoms with Gasteiger partial charge in [-0.05, 0) is 42.4 Å². The van der Waals surface area contributed by atoms with E-state index in [0.29, 0.717) is 13.0 Å². The Morgan fingerprint density at radius 1 is 1.33 bits per heavy atom. The van der Waals surface area contributed by atoms with Crippen LogP contribution in [0.4, 0.5) is 8.78 Å². The molecule has 116 valence electrons. The smallest absolute Gasteiger partial charge is 0.387 e. The van der Waals surface area contributed by atoms with Crippen LogP contribution in [0, 0.1) is 5.41 Å². The van der Waals surface area contributed by atoms with Crippen LogP contribution in [0.1, 0.15) is 24.8 Å². The van der Waals surface area contributed by atoms with E-state index in [1.54, 1.807) is 12.1 Å². The molecule has 4 nitrogen and oxygen atoms in total. The molecule has 1 aromatic rings. The van der Waals surface area contributed by atoms with Gasteiger partial charge in [0, 0.05) is 13.2 Å². The SMILES string of the molecule is O=C(Cc1ccc(OC(F)F)cc1)NCC1(CCO)CC1. The van der Waals surface area contributed by atoms with Crippen molar-refractivity contribution >= 4 is 5.91 Å². The number of carbonyl (C=O) groups is 1. The number of amides is 1. The van der Waals surface area contributed by atoms with Crippen molar-refractivity contribution in [3.8, 4) is 5.75 Å². The van der Waals surface area contributed by atoms with Crippen LogP contribution < -0.4 is 10.1 Å². The zero-order valence-electron chi connectivity index (χ0n) is 11.6. The zero-order valence-corrected chi connectivity index (χ0v) is 11.6. The van der Waals surface area contributed by atoms with Crippen LogP contribution in [0.25, 0.3) is 0 Å². The Balaban J connectivity index is 1.77. The number of hydrogen-bond donors (Lipinski definition) is 2. The van der Waals surface area contributed by atoms with Gasteiger partial charge in [0.1, 0.15) is 5.75 Å². The van der Waals surface area contributed by atoms with Crippen molar-refractivity contribution in [2.24, 2.45) is 5.41 Å². The largest absolute Gasteiger partial charge is 0.435 e. The molecule has 21 heavy (non-hydrogen) atoms. The molecule has 1 aromatic carbocycles. The Morgan fingerprint density at radius 3 is 2.52 bits per heavy atom. The third kappa shape index (κ3) is 4.97. The average molecular weight is 299 g/mol. The van der Waals surface area contributed by atoms with Crippen molar-refractivity contribution in [3.05, 3.63) is 29.8 Å². The minimum atomic E-state index is -2.85. The second-order valence-corrected chi connectivity index (χ2v) is 5.45. The summed E-state index contributed by atoms with van der Waals surface area (Å²) in [7, 11) is 0. The first-order chi connectivity index (χ1) is 10.0. The molecule has 1 saturated carbocycles. The lowest BCUT2D eigenvalue weighted by Crippen LogP contribution is -2.31. The van der Waals surface area contributed by atoms with Gasteiger partial charge in [-0.15, -0.1) is 0 Å². The first kappa shape index (κ1) is 15.7. The van der Waals surface area contributed by atoms with Crippen LogP contribution in [-0.4, -0.2) is 30.8 Å². The average Bonchev–Trinajstić information content (AvgIpc) is 3.19. The molecule has 0 aromatic heterocycles. The van der Waals surface area contributed by atoms with E-state index in [4.69, 9.17) is 5.11 Å². The Hall–Kier alpha value is -1.69. The minimum Gasteiger partial charge on any atom is -0.435 e. The van der Waals surface area contributed by atoms with Gasteiger partial charge in [0.25, 0.3) is 0 Å². The molecule has 2 rings (SSSR count). The third-order valence-corrected chi connectivity index (χ3v) is 3.77. The second-order valence-electron chi connectivity index (χ2n) is 5.45. The van der Waals surface area contributed by atoms with Crippen LogP contribution in [0.5, 0.6) is 5.75 Å². The second kappa shape index (κ2) is 6.85. The van der Waals surface area contributed by atoms with Gasteiger partial charge < -0.3 is 15.2 Å². The van der Waals surface area contributed by atoms with Gasteiger partial charge in [-0.2, -0.15) is 8.78 Å². The van der Waals surface area contributed by atoms with Crippen molar-refractivity contribution in [2.45, 2.75) is 32.3 Å². The van der Waals surface area contributed by atoms with Gasteiger partial charge in [-0.3, -0.25) is 4.79 Å². The molecule has 0 spiro atoms. The van der Waals surface area contributed by atoms with Crippen LogP contribution in [0.2, 0.25) is 0 Å². The molecule has 6 heteroatoms. The molecule has 0 heterocycles. The van der Waals surface area contributed by atoms with E-state index in [-0.39, 0.29) is 30.1 Å². The molecule has 2 N–H and O–H groups in total. The molecular weight excluding hydrogens is 280 g/mol. The number of nitrogens with one attached hydrogen (secondary N) is 1. The summed E-state index contributed by atoms with van der Waals surface area (Å²) < 4.78 is 28.3. The molecule has 0 atom stereocenters. The number of ether oxygens (including phenoxy) is 1. The highest BCUT2D eigenvalue weighted by Gasteiger charge is 2.41. The number of rotatable bonds is 8. The normalized spacial score (nSPS) is 15.8. The lowest BCUT2D eigenvalue weighted by Gasteiger charge is -2.14. The van der Waals surface area contributed by atoms with Crippen LogP contribution in [-0.2, 0) is 11.2 Å². The number of hydrogen-bond acceptors (Lipinski definition) is 3. The summed E-state index contributed by atoms with van der Waals surface area (Å²) in [4.78, 5) is 11.8. The van der Waals surface area contributed by atoms with Crippen LogP contribution in [0.3, 0.4) is 0 Å². The summed E-state index contributed by atoms with van der Waals surface area (Å²) in [6.45, 7) is -2.12. The van der Waals surface area contributed by atoms with Crippen LogP contribution in [0.15, 0.2) is 24.3 Å². The lowest BCUT2D eigenvalue weighted by atomic mass is 10.0. The first-order valence-electron chi connectivity index (χ1n) is 6.94. The standard InChI is InChI=1S/C15H19F2NO3/c16-14(17)21-12-3-1-11(2-4-12)9-13(20)18-10-15(5-6-15)7-8-19/h1-4,14,19H,5-10H2,(H,18,20). The summed E-state index contributed by atoms with van der Waals surface area (Å²) in [5, 5.41) is 11.8. The molecular formula is C15H19F2NO3. The van der Waals surface area contributed by atoms with Gasteiger partial charge in [0.15, 0.2) is 0 Å². The Morgan fingerprint density at radius 2 is 2.00 bits per heavy atom. The number of aliphatic hydroxyl groups excluding tert-OH is 1. The van der Waals surface area contributed by atoms with Crippen molar-refractivity contribution in [2.75, 3.05) is 13.2 Å². The van der Waals surface area contributed by atoms with Gasteiger partial charge in [-0.1, -0.05) is 12.1 Å². The van der Waals surface area contributed by atoms with Crippen molar-refractivity contribution < 1.29 is 23.4 Å². The molecule has 1 aliphatic rings. The van der Waals surface area contributed by atoms with Crippen molar-refractivity contribution in [3.63, 3.8) is 0 Å². The summed E-state index contributed by atoms with van der Waals surface area (Å²) >= 11 is 0. The van der Waals surface area contributed by atoms with E-state index < -0.39 is 6.61 Å². The number of carbonyl (C=O) groups excluding carboxylic acids is 1. The summed E-state index contributed by atoms with van der Waals surface area (Å²) in [6.07, 6.45) is 2.98. The predicted molar refractivity (Wildman–Crippen MR) is 73.2 cm³/mol. The van der Waals surface area contributed by atoms with Gasteiger partial charge in [0.2, 0.25) is 5.91 Å². The summed E-state index contributed by atoms with van der Waals surface area (Å²) in [6, 6.07) is 6.03. The number of halogens is 2. The molecule has 0 bridgehead atoms. The van der Waals surface area contributed by atoms with Crippen molar-refractivity contribution in [1.82, 2.24) is 5.32 Å². The lowest BCUT2D eigenvalue weighted by molar-refractivity contribution is -0.120. The summed E-state index contributed by atoms with van der Waals surface area (Å²) in [5.41, 5.74) is 0.820. The fourth-order valence-electron chi connectivity index (χ4n) is 2.25. The first-order valence-corrected chi connectivity index (χ1v) is 6.94. The van der Waals surface area contributed by atoms with E-state index in [0.717, 1.165) is 18.4 Å². The molecule has 0 aliphatic heterocycles. The van der Waals surface area contributed by atoms with Crippen molar-refractivity contribution in [1.29, 1.82) is 0 Å². The topological polar surface area (TPSA) is 58.6 Å². The molecule has 1 aliphatic carbocycles.